The molecule has 0 saturated carbocycles. The van der Waals surface area contributed by atoms with Gasteiger partial charge in [-0.05, 0) is 62.6 Å². The Bertz CT molecular complexity index is 1190. The maximum Gasteiger partial charge on any atom is 0.236 e. The van der Waals surface area contributed by atoms with Crippen LogP contribution in [0.15, 0.2) is 48.5 Å². The minimum absolute atomic E-state index is 0.213. The Labute approximate surface area is 214 Å². The lowest BCUT2D eigenvalue weighted by atomic mass is 9.83. The number of fused-ring (bicyclic) bond motifs is 4. The predicted molar refractivity (Wildman–Crippen MR) is 143 cm³/mol. The number of nitrogens with zero attached hydrogens (tertiary/aromatic N) is 3. The lowest BCUT2D eigenvalue weighted by molar-refractivity contribution is -0.134. The lowest BCUT2D eigenvalue weighted by Crippen LogP contribution is -2.55. The van der Waals surface area contributed by atoms with E-state index in [1.54, 1.807) is 7.11 Å². The van der Waals surface area contributed by atoms with Crippen LogP contribution in [-0.2, 0) is 16.8 Å². The van der Waals surface area contributed by atoms with Gasteiger partial charge in [0.25, 0.3) is 0 Å². The highest BCUT2D eigenvalue weighted by Crippen LogP contribution is 2.45. The number of nitrogens with one attached hydrogen (secondary N) is 1. The summed E-state index contributed by atoms with van der Waals surface area (Å²) >= 11 is 0. The molecule has 7 nitrogen and oxygen atoms in total. The third-order valence-electron chi connectivity index (χ3n) is 8.00. The molecule has 0 radical (unpaired) electrons. The van der Waals surface area contributed by atoms with Crippen molar-refractivity contribution in [1.29, 1.82) is 0 Å². The average Bonchev–Trinajstić information content (AvgIpc) is 3.50. The number of likely N-dealkylation sites (N-methyl/N-ethyl adjacent to an activating group) is 1. The third kappa shape index (κ3) is 4.58. The number of carbonyl (C=O) groups is 1. The zero-order chi connectivity index (χ0) is 25.1. The summed E-state index contributed by atoms with van der Waals surface area (Å²) in [5.41, 5.74) is 3.58. The molecule has 1 atom stereocenters. The van der Waals surface area contributed by atoms with Crippen molar-refractivity contribution in [2.24, 2.45) is 0 Å². The Kier molecular flexibility index (Phi) is 7.21. The Balaban J connectivity index is 1.42. The van der Waals surface area contributed by atoms with Crippen LogP contribution in [0.3, 0.4) is 0 Å². The fraction of sp³-hybridized carbons (Fsp3) is 0.483. The molecule has 192 valence electrons. The second-order valence-corrected chi connectivity index (χ2v) is 9.85. The van der Waals surface area contributed by atoms with Crippen LogP contribution < -0.4 is 9.47 Å². The fourth-order valence-corrected chi connectivity index (χ4v) is 6.03. The van der Waals surface area contributed by atoms with Crippen LogP contribution in [-0.4, -0.2) is 85.1 Å². The highest BCUT2D eigenvalue weighted by atomic mass is 16.5. The van der Waals surface area contributed by atoms with Gasteiger partial charge < -0.3 is 19.4 Å². The van der Waals surface area contributed by atoms with Gasteiger partial charge in [-0.1, -0.05) is 18.2 Å². The number of amides is 1. The van der Waals surface area contributed by atoms with Crippen molar-refractivity contribution in [1.82, 2.24) is 19.7 Å². The number of rotatable bonds is 9. The molecule has 36 heavy (non-hydrogen) atoms. The van der Waals surface area contributed by atoms with Crippen molar-refractivity contribution in [2.45, 2.75) is 32.2 Å². The molecule has 2 aliphatic heterocycles. The number of aromatic amines is 1. The number of aromatic nitrogens is 1. The van der Waals surface area contributed by atoms with Crippen LogP contribution in [0.1, 0.15) is 31.5 Å². The van der Waals surface area contributed by atoms with Gasteiger partial charge >= 0.3 is 0 Å². The molecule has 2 aromatic carbocycles. The molecule has 1 unspecified atom stereocenters. The molecule has 1 aromatic heterocycles. The maximum atomic E-state index is 13.2. The number of carbonyl (C=O) groups excluding carboxylic acids is 1. The summed E-state index contributed by atoms with van der Waals surface area (Å²) in [4.78, 5) is 23.9. The second-order valence-electron chi connectivity index (χ2n) is 9.85. The first-order valence-electron chi connectivity index (χ1n) is 13.2. The van der Waals surface area contributed by atoms with Crippen molar-refractivity contribution in [3.8, 4) is 11.5 Å². The first-order chi connectivity index (χ1) is 17.6. The van der Waals surface area contributed by atoms with E-state index >= 15 is 0 Å². The van der Waals surface area contributed by atoms with E-state index in [0.29, 0.717) is 13.2 Å². The number of hydrogen-bond donors (Lipinski definition) is 1. The molecule has 3 aromatic rings. The molecule has 1 N–H and O–H groups in total. The summed E-state index contributed by atoms with van der Waals surface area (Å²) in [6, 6.07) is 16.3. The Morgan fingerprint density at radius 2 is 1.89 bits per heavy atom. The van der Waals surface area contributed by atoms with Crippen molar-refractivity contribution < 1.29 is 14.3 Å². The number of para-hydroxylation sites is 1. The minimum Gasteiger partial charge on any atom is -0.497 e. The zero-order valence-corrected chi connectivity index (χ0v) is 21.8. The molecule has 1 fully saturated rings. The second kappa shape index (κ2) is 10.5. The number of hydrogen-bond acceptors (Lipinski definition) is 5. The molecule has 5 rings (SSSR count). The van der Waals surface area contributed by atoms with Gasteiger partial charge in [0.15, 0.2) is 0 Å². The normalized spacial score (nSPS) is 20.1. The van der Waals surface area contributed by atoms with Gasteiger partial charge in [0.05, 0.1) is 19.2 Å². The van der Waals surface area contributed by atoms with E-state index in [2.05, 4.69) is 40.8 Å². The van der Waals surface area contributed by atoms with Gasteiger partial charge in [-0.25, -0.2) is 0 Å². The van der Waals surface area contributed by atoms with Gasteiger partial charge in [0.2, 0.25) is 5.91 Å². The van der Waals surface area contributed by atoms with Crippen molar-refractivity contribution in [2.75, 3.05) is 59.5 Å². The van der Waals surface area contributed by atoms with Crippen LogP contribution >= 0.6 is 0 Å². The Morgan fingerprint density at radius 3 is 2.64 bits per heavy atom. The smallest absolute Gasteiger partial charge is 0.236 e. The van der Waals surface area contributed by atoms with Crippen molar-refractivity contribution >= 4 is 16.8 Å². The van der Waals surface area contributed by atoms with Crippen LogP contribution in [0.2, 0.25) is 0 Å². The van der Waals surface area contributed by atoms with E-state index in [-0.39, 0.29) is 11.4 Å². The highest BCUT2D eigenvalue weighted by Gasteiger charge is 2.49. The molecule has 0 aliphatic carbocycles. The lowest BCUT2D eigenvalue weighted by Gasteiger charge is -2.45. The maximum absolute atomic E-state index is 13.2. The Morgan fingerprint density at radius 1 is 1.08 bits per heavy atom. The number of likely N-dealkylation sites (tertiary alicyclic amines) is 1. The quantitative estimate of drug-likeness (QED) is 0.493. The minimum atomic E-state index is -0.213. The number of H-pyrrole nitrogens is 1. The molecule has 1 amide bonds. The van der Waals surface area contributed by atoms with Crippen molar-refractivity contribution in [3.63, 3.8) is 0 Å². The van der Waals surface area contributed by atoms with Crippen LogP contribution in [0.5, 0.6) is 11.5 Å². The van der Waals surface area contributed by atoms with E-state index in [4.69, 9.17) is 9.47 Å². The largest absolute Gasteiger partial charge is 0.497 e. The van der Waals surface area contributed by atoms with E-state index in [0.717, 1.165) is 69.1 Å². The van der Waals surface area contributed by atoms with Gasteiger partial charge in [0.1, 0.15) is 18.1 Å². The SMILES string of the molecule is CCN(CC)C(=O)CN1CCc2c([nH]c3ccc(OC)cc23)C12CCN(CCOc1ccccc1)C2. The summed E-state index contributed by atoms with van der Waals surface area (Å²) in [5.74, 6) is 2.00. The summed E-state index contributed by atoms with van der Waals surface area (Å²) < 4.78 is 11.5. The van der Waals surface area contributed by atoms with Gasteiger partial charge in [-0.15, -0.1) is 0 Å². The van der Waals surface area contributed by atoms with Crippen molar-refractivity contribution in [3.05, 3.63) is 59.8 Å². The Hall–Kier alpha value is -3.03. The summed E-state index contributed by atoms with van der Waals surface area (Å²) in [6.07, 6.45) is 1.91. The predicted octanol–water partition coefficient (Wildman–Crippen LogP) is 3.88. The number of benzene rings is 2. The van der Waals surface area contributed by atoms with Crippen LogP contribution in [0.25, 0.3) is 10.9 Å². The molecule has 3 heterocycles. The molecular formula is C29H38N4O3. The molecule has 2 aliphatic rings. The molecule has 1 saturated heterocycles. The average molecular weight is 491 g/mol. The van der Waals surface area contributed by atoms with E-state index in [9.17, 15) is 4.79 Å². The molecule has 0 bridgehead atoms. The molecule has 1 spiro atoms. The topological polar surface area (TPSA) is 61.0 Å². The summed E-state index contributed by atoms with van der Waals surface area (Å²) in [7, 11) is 1.72. The van der Waals surface area contributed by atoms with Gasteiger partial charge in [-0.3, -0.25) is 14.6 Å². The van der Waals surface area contributed by atoms with Crippen LogP contribution in [0, 0.1) is 0 Å². The number of ether oxygens (including phenoxy) is 2. The zero-order valence-electron chi connectivity index (χ0n) is 21.8. The standard InChI is InChI=1S/C29H38N4O3/c1-4-32(5-2)27(34)20-33-15-13-24-25-19-23(35-3)11-12-26(25)30-28(24)29(33)14-16-31(21-29)17-18-36-22-9-7-6-8-10-22/h6-12,19,30H,4-5,13-18,20-21H2,1-3H3. The fourth-order valence-electron chi connectivity index (χ4n) is 6.03. The van der Waals surface area contributed by atoms with Crippen LogP contribution in [0.4, 0.5) is 0 Å². The summed E-state index contributed by atoms with van der Waals surface area (Å²) in [5, 5.41) is 1.24. The third-order valence-corrected chi connectivity index (χ3v) is 8.00. The molecule has 7 heteroatoms. The number of methoxy groups -OCH3 is 1. The molecular weight excluding hydrogens is 452 g/mol. The van der Waals surface area contributed by atoms with Gasteiger partial charge in [0, 0.05) is 55.9 Å². The van der Waals surface area contributed by atoms with E-state index < -0.39 is 0 Å². The first kappa shape index (κ1) is 24.7. The highest BCUT2D eigenvalue weighted by molar-refractivity contribution is 5.87. The summed E-state index contributed by atoms with van der Waals surface area (Å²) in [6.45, 7) is 10.3. The van der Waals surface area contributed by atoms with E-state index in [1.807, 2.05) is 41.3 Å². The monoisotopic (exact) mass is 490 g/mol. The van der Waals surface area contributed by atoms with Gasteiger partial charge in [-0.2, -0.15) is 0 Å². The van der Waals surface area contributed by atoms with E-state index in [1.165, 1.54) is 16.6 Å². The first-order valence-corrected chi connectivity index (χ1v) is 13.2.